The average Bonchev–Trinajstić information content (AvgIpc) is 2.74. The van der Waals surface area contributed by atoms with E-state index in [1.165, 1.54) is 0 Å². The highest BCUT2D eigenvalue weighted by atomic mass is 16.4. The number of fused-ring (bicyclic) bond motifs is 1. The molecular weight excluding hydrogens is 212 g/mol. The van der Waals surface area contributed by atoms with Crippen molar-refractivity contribution in [2.75, 3.05) is 36.9 Å². The van der Waals surface area contributed by atoms with Crippen molar-refractivity contribution in [3.8, 4) is 0 Å². The zero-order valence-electron chi connectivity index (χ0n) is 8.72. The summed E-state index contributed by atoms with van der Waals surface area (Å²) in [5, 5.41) is 17.8. The van der Waals surface area contributed by atoms with Gasteiger partial charge in [-0.1, -0.05) is 0 Å². The molecule has 0 bridgehead atoms. The second-order valence-corrected chi connectivity index (χ2v) is 3.40. The maximum atomic E-state index is 8.89. The maximum absolute atomic E-state index is 8.89. The molecule has 0 unspecified atom stereocenters. The van der Waals surface area contributed by atoms with E-state index in [0.717, 1.165) is 0 Å². The fourth-order valence-corrected chi connectivity index (χ4v) is 1.57. The molecule has 0 aliphatic carbocycles. The summed E-state index contributed by atoms with van der Waals surface area (Å²) in [5.74, 6) is 0.855. The van der Waals surface area contributed by atoms with Crippen LogP contribution >= 0.6 is 0 Å². The van der Waals surface area contributed by atoms with Crippen molar-refractivity contribution in [1.82, 2.24) is 0 Å². The van der Waals surface area contributed by atoms with Gasteiger partial charge in [-0.25, -0.2) is 0 Å². The number of hydrogen-bond acceptors (Lipinski definition) is 6. The van der Waals surface area contributed by atoms with Gasteiger partial charge in [0.25, 0.3) is 0 Å². The van der Waals surface area contributed by atoms with Crippen molar-refractivity contribution in [1.29, 1.82) is 0 Å². The van der Waals surface area contributed by atoms with Crippen molar-refractivity contribution in [2.24, 2.45) is 0 Å². The fraction of sp³-hybridized carbons (Fsp3) is 0.400. The molecule has 0 saturated heterocycles. The molecule has 6 heteroatoms. The zero-order chi connectivity index (χ0) is 11.5. The van der Waals surface area contributed by atoms with Gasteiger partial charge in [0.15, 0.2) is 22.9 Å². The third-order valence-corrected chi connectivity index (χ3v) is 2.26. The molecule has 6 nitrogen and oxygen atoms in total. The van der Waals surface area contributed by atoms with Crippen molar-refractivity contribution in [2.45, 2.75) is 0 Å². The third kappa shape index (κ3) is 1.98. The van der Waals surface area contributed by atoms with Crippen molar-refractivity contribution in [3.63, 3.8) is 0 Å². The van der Waals surface area contributed by atoms with Crippen molar-refractivity contribution >= 4 is 22.9 Å². The lowest BCUT2D eigenvalue weighted by atomic mass is 10.4. The molecule has 0 atom stereocenters. The van der Waals surface area contributed by atoms with Crippen LogP contribution in [0.1, 0.15) is 0 Å². The summed E-state index contributed by atoms with van der Waals surface area (Å²) in [6.45, 7) is 0.771. The fourth-order valence-electron chi connectivity index (χ4n) is 1.57. The SMILES string of the molecule is Nc1cc2oc(N(CCO)CCO)cc2o1. The molecule has 2 aromatic heterocycles. The topological polar surface area (TPSA) is 96.0 Å². The minimum atomic E-state index is -0.00972. The normalized spacial score (nSPS) is 11.1. The molecule has 2 rings (SSSR count). The molecule has 0 aliphatic rings. The molecule has 2 heterocycles. The van der Waals surface area contributed by atoms with Gasteiger partial charge in [0.1, 0.15) is 0 Å². The van der Waals surface area contributed by atoms with E-state index in [0.29, 0.717) is 36.0 Å². The summed E-state index contributed by atoms with van der Waals surface area (Å²) in [4.78, 5) is 1.73. The highest BCUT2D eigenvalue weighted by Gasteiger charge is 2.14. The van der Waals surface area contributed by atoms with E-state index in [4.69, 9.17) is 24.8 Å². The average molecular weight is 226 g/mol. The molecule has 4 N–H and O–H groups in total. The van der Waals surface area contributed by atoms with Gasteiger partial charge in [-0.15, -0.1) is 0 Å². The van der Waals surface area contributed by atoms with Gasteiger partial charge in [-0.3, -0.25) is 0 Å². The number of furan rings is 2. The number of nitrogen functional groups attached to an aromatic ring is 1. The highest BCUT2D eigenvalue weighted by Crippen LogP contribution is 2.29. The lowest BCUT2D eigenvalue weighted by Gasteiger charge is -2.18. The lowest BCUT2D eigenvalue weighted by Crippen LogP contribution is -2.29. The number of hydrogen-bond donors (Lipinski definition) is 3. The molecule has 2 aromatic rings. The highest BCUT2D eigenvalue weighted by molar-refractivity contribution is 5.78. The number of rotatable bonds is 5. The van der Waals surface area contributed by atoms with Gasteiger partial charge >= 0.3 is 0 Å². The molecule has 0 aliphatic heterocycles. The van der Waals surface area contributed by atoms with Gasteiger partial charge in [-0.2, -0.15) is 0 Å². The van der Waals surface area contributed by atoms with Crippen LogP contribution in [0.5, 0.6) is 0 Å². The van der Waals surface area contributed by atoms with Crippen LogP contribution in [-0.2, 0) is 0 Å². The lowest BCUT2D eigenvalue weighted by molar-refractivity contribution is 0.278. The van der Waals surface area contributed by atoms with E-state index in [9.17, 15) is 0 Å². The van der Waals surface area contributed by atoms with Gasteiger partial charge in [0.05, 0.1) is 13.2 Å². The van der Waals surface area contributed by atoms with Crippen LogP contribution in [0.2, 0.25) is 0 Å². The molecule has 0 fully saturated rings. The summed E-state index contributed by atoms with van der Waals surface area (Å²) < 4.78 is 10.7. The first kappa shape index (κ1) is 10.8. The minimum absolute atomic E-state index is 0.00972. The second kappa shape index (κ2) is 4.46. The first-order chi connectivity index (χ1) is 7.74. The predicted molar refractivity (Wildman–Crippen MR) is 59.3 cm³/mol. The van der Waals surface area contributed by atoms with Crippen molar-refractivity contribution < 1.29 is 19.0 Å². The van der Waals surface area contributed by atoms with Crippen LogP contribution < -0.4 is 10.6 Å². The van der Waals surface area contributed by atoms with Crippen LogP contribution in [0.4, 0.5) is 11.8 Å². The predicted octanol–water partition coefficient (Wildman–Crippen LogP) is 0.399. The number of nitrogens with two attached hydrogens (primary N) is 1. The number of anilines is 2. The Balaban J connectivity index is 2.25. The van der Waals surface area contributed by atoms with Crippen molar-refractivity contribution in [3.05, 3.63) is 12.1 Å². The largest absolute Gasteiger partial charge is 0.437 e. The number of aliphatic hydroxyl groups excluding tert-OH is 2. The van der Waals surface area contributed by atoms with Crippen LogP contribution in [-0.4, -0.2) is 36.5 Å². The first-order valence-corrected chi connectivity index (χ1v) is 5.00. The van der Waals surface area contributed by atoms with Gasteiger partial charge < -0.3 is 29.7 Å². The molecular formula is C10H14N2O4. The summed E-state index contributed by atoms with van der Waals surface area (Å²) >= 11 is 0. The molecule has 0 spiro atoms. The minimum Gasteiger partial charge on any atom is -0.437 e. The number of aliphatic hydroxyl groups is 2. The molecule has 0 saturated carbocycles. The monoisotopic (exact) mass is 226 g/mol. The van der Waals surface area contributed by atoms with E-state index in [-0.39, 0.29) is 13.2 Å². The van der Waals surface area contributed by atoms with Crippen LogP contribution in [0, 0.1) is 0 Å². The standard InChI is InChI=1S/C10H14N2O4/c11-9-5-7-8(15-9)6-10(16-7)12(1-3-13)2-4-14/h5-6,13-14H,1-4,11H2. The summed E-state index contributed by atoms with van der Waals surface area (Å²) in [6, 6.07) is 3.28. The van der Waals surface area contributed by atoms with Crippen LogP contribution in [0.3, 0.4) is 0 Å². The van der Waals surface area contributed by atoms with Gasteiger partial charge in [0, 0.05) is 25.2 Å². The Hall–Kier alpha value is -1.66. The van der Waals surface area contributed by atoms with E-state index < -0.39 is 0 Å². The zero-order valence-corrected chi connectivity index (χ0v) is 8.72. The van der Waals surface area contributed by atoms with E-state index in [1.807, 2.05) is 0 Å². The molecule has 0 amide bonds. The Bertz CT molecular complexity index is 425. The van der Waals surface area contributed by atoms with Crippen LogP contribution in [0.15, 0.2) is 21.0 Å². The van der Waals surface area contributed by atoms with E-state index >= 15 is 0 Å². The van der Waals surface area contributed by atoms with Crippen LogP contribution in [0.25, 0.3) is 11.2 Å². The molecule has 0 radical (unpaired) electrons. The summed E-state index contributed by atoms with van der Waals surface area (Å²) in [7, 11) is 0. The third-order valence-electron chi connectivity index (χ3n) is 2.26. The van der Waals surface area contributed by atoms with E-state index in [2.05, 4.69) is 0 Å². The Morgan fingerprint density at radius 3 is 2.25 bits per heavy atom. The summed E-state index contributed by atoms with van der Waals surface area (Å²) in [6.07, 6.45) is 0. The molecule has 0 aromatic carbocycles. The Kier molecular flexibility index (Phi) is 3.02. The Labute approximate surface area is 91.8 Å². The number of nitrogens with zero attached hydrogens (tertiary/aromatic N) is 1. The maximum Gasteiger partial charge on any atom is 0.200 e. The summed E-state index contributed by atoms with van der Waals surface area (Å²) in [5.41, 5.74) is 6.58. The van der Waals surface area contributed by atoms with Gasteiger partial charge in [-0.05, 0) is 0 Å². The quantitative estimate of drug-likeness (QED) is 0.683. The molecule has 16 heavy (non-hydrogen) atoms. The first-order valence-electron chi connectivity index (χ1n) is 5.00. The second-order valence-electron chi connectivity index (χ2n) is 3.40. The smallest absolute Gasteiger partial charge is 0.200 e. The Morgan fingerprint density at radius 1 is 1.06 bits per heavy atom. The van der Waals surface area contributed by atoms with E-state index in [1.54, 1.807) is 17.0 Å². The Morgan fingerprint density at radius 2 is 1.69 bits per heavy atom. The molecule has 88 valence electrons. The van der Waals surface area contributed by atoms with Gasteiger partial charge in [0.2, 0.25) is 0 Å².